The van der Waals surface area contributed by atoms with Crippen molar-refractivity contribution in [3.05, 3.63) is 38.9 Å². The van der Waals surface area contributed by atoms with E-state index in [0.717, 1.165) is 6.42 Å². The maximum absolute atomic E-state index is 12.3. The van der Waals surface area contributed by atoms with Crippen LogP contribution in [0.15, 0.2) is 18.2 Å². The SMILES string of the molecule is O=C(c1cc(Cl)ccc1[N+](=O)[O-])N1CCCOCC1. The van der Waals surface area contributed by atoms with Crippen molar-refractivity contribution < 1.29 is 14.5 Å². The summed E-state index contributed by atoms with van der Waals surface area (Å²) in [5, 5.41) is 11.3. The largest absolute Gasteiger partial charge is 0.380 e. The third-order valence-corrected chi connectivity index (χ3v) is 3.13. The summed E-state index contributed by atoms with van der Waals surface area (Å²) in [4.78, 5) is 24.3. The smallest absolute Gasteiger partial charge is 0.282 e. The van der Waals surface area contributed by atoms with E-state index in [1.165, 1.54) is 18.2 Å². The molecule has 19 heavy (non-hydrogen) atoms. The Morgan fingerprint density at radius 3 is 2.89 bits per heavy atom. The zero-order valence-electron chi connectivity index (χ0n) is 10.2. The molecule has 1 aliphatic heterocycles. The van der Waals surface area contributed by atoms with Crippen molar-refractivity contribution in [2.45, 2.75) is 6.42 Å². The number of carbonyl (C=O) groups is 1. The zero-order chi connectivity index (χ0) is 13.8. The molecular weight excluding hydrogens is 272 g/mol. The number of hydrogen-bond donors (Lipinski definition) is 0. The third-order valence-electron chi connectivity index (χ3n) is 2.90. The summed E-state index contributed by atoms with van der Waals surface area (Å²) >= 11 is 5.82. The first-order chi connectivity index (χ1) is 9.09. The van der Waals surface area contributed by atoms with Gasteiger partial charge in [0.2, 0.25) is 0 Å². The van der Waals surface area contributed by atoms with Gasteiger partial charge >= 0.3 is 0 Å². The number of nitro groups is 1. The number of nitro benzene ring substituents is 1. The second-order valence-corrected chi connectivity index (χ2v) is 4.61. The molecule has 1 amide bonds. The molecule has 102 valence electrons. The molecule has 0 aromatic heterocycles. The van der Waals surface area contributed by atoms with Crippen molar-refractivity contribution in [2.24, 2.45) is 0 Å². The fraction of sp³-hybridized carbons (Fsp3) is 0.417. The molecule has 0 saturated carbocycles. The van der Waals surface area contributed by atoms with Gasteiger partial charge in [0.05, 0.1) is 11.5 Å². The van der Waals surface area contributed by atoms with E-state index >= 15 is 0 Å². The summed E-state index contributed by atoms with van der Waals surface area (Å²) < 4.78 is 5.26. The number of halogens is 1. The maximum atomic E-state index is 12.3. The van der Waals surface area contributed by atoms with Crippen LogP contribution >= 0.6 is 11.6 Å². The van der Waals surface area contributed by atoms with Crippen LogP contribution in [0.1, 0.15) is 16.8 Å². The summed E-state index contributed by atoms with van der Waals surface area (Å²) in [6.45, 7) is 2.01. The Bertz CT molecular complexity index is 499. The molecule has 7 heteroatoms. The highest BCUT2D eigenvalue weighted by atomic mass is 35.5. The van der Waals surface area contributed by atoms with Crippen LogP contribution in [0.4, 0.5) is 5.69 Å². The predicted molar refractivity (Wildman–Crippen MR) is 69.4 cm³/mol. The van der Waals surface area contributed by atoms with E-state index in [1.807, 2.05) is 0 Å². The van der Waals surface area contributed by atoms with E-state index in [2.05, 4.69) is 0 Å². The zero-order valence-corrected chi connectivity index (χ0v) is 10.9. The highest BCUT2D eigenvalue weighted by Gasteiger charge is 2.25. The number of ether oxygens (including phenoxy) is 1. The van der Waals surface area contributed by atoms with Gasteiger partial charge in [-0.3, -0.25) is 14.9 Å². The standard InChI is InChI=1S/C12H13ClN2O4/c13-9-2-3-11(15(17)18)10(8-9)12(16)14-4-1-6-19-7-5-14/h2-3,8H,1,4-7H2. The van der Waals surface area contributed by atoms with Crippen LogP contribution in [-0.2, 0) is 4.74 Å². The average molecular weight is 285 g/mol. The summed E-state index contributed by atoms with van der Waals surface area (Å²) in [6, 6.07) is 4.00. The number of carbonyl (C=O) groups excluding carboxylic acids is 1. The minimum atomic E-state index is -0.572. The van der Waals surface area contributed by atoms with Crippen molar-refractivity contribution in [2.75, 3.05) is 26.3 Å². The number of nitrogens with zero attached hydrogens (tertiary/aromatic N) is 2. The first-order valence-electron chi connectivity index (χ1n) is 5.90. The van der Waals surface area contributed by atoms with E-state index < -0.39 is 4.92 Å². The fourth-order valence-corrected chi connectivity index (χ4v) is 2.13. The molecule has 0 atom stereocenters. The first-order valence-corrected chi connectivity index (χ1v) is 6.28. The minimum absolute atomic E-state index is 0.0272. The molecule has 0 spiro atoms. The Labute approximate surface area is 115 Å². The van der Waals surface area contributed by atoms with Crippen LogP contribution in [-0.4, -0.2) is 42.0 Å². The van der Waals surface area contributed by atoms with Gasteiger partial charge in [-0.25, -0.2) is 0 Å². The van der Waals surface area contributed by atoms with Gasteiger partial charge in [0.1, 0.15) is 5.56 Å². The minimum Gasteiger partial charge on any atom is -0.380 e. The lowest BCUT2D eigenvalue weighted by Crippen LogP contribution is -2.33. The lowest BCUT2D eigenvalue weighted by atomic mass is 10.1. The lowest BCUT2D eigenvalue weighted by Gasteiger charge is -2.19. The van der Waals surface area contributed by atoms with Gasteiger partial charge in [0.25, 0.3) is 11.6 Å². The number of hydrogen-bond acceptors (Lipinski definition) is 4. The van der Waals surface area contributed by atoms with E-state index in [1.54, 1.807) is 4.90 Å². The molecule has 2 rings (SSSR count). The Hall–Kier alpha value is -1.66. The molecule has 1 fully saturated rings. The molecular formula is C12H13ClN2O4. The van der Waals surface area contributed by atoms with Crippen molar-refractivity contribution >= 4 is 23.2 Å². The highest BCUT2D eigenvalue weighted by Crippen LogP contribution is 2.24. The summed E-state index contributed by atoms with van der Waals surface area (Å²) in [5.41, 5.74) is -0.195. The molecule has 1 aromatic rings. The van der Waals surface area contributed by atoms with Gasteiger partial charge in [-0.2, -0.15) is 0 Å². The predicted octanol–water partition coefficient (Wildman–Crippen LogP) is 2.11. The summed E-state index contributed by atoms with van der Waals surface area (Å²) in [7, 11) is 0. The van der Waals surface area contributed by atoms with E-state index in [9.17, 15) is 14.9 Å². The molecule has 1 aromatic carbocycles. The highest BCUT2D eigenvalue weighted by molar-refractivity contribution is 6.31. The monoisotopic (exact) mass is 284 g/mol. The molecule has 1 saturated heterocycles. The van der Waals surface area contributed by atoms with Crippen molar-refractivity contribution in [3.8, 4) is 0 Å². The van der Waals surface area contributed by atoms with Crippen molar-refractivity contribution in [1.29, 1.82) is 0 Å². The van der Waals surface area contributed by atoms with Gasteiger partial charge in [-0.1, -0.05) is 11.6 Å². The van der Waals surface area contributed by atoms with Crippen LogP contribution in [0.3, 0.4) is 0 Å². The Morgan fingerprint density at radius 1 is 1.37 bits per heavy atom. The second-order valence-electron chi connectivity index (χ2n) is 4.18. The van der Waals surface area contributed by atoms with Gasteiger partial charge in [0.15, 0.2) is 0 Å². The van der Waals surface area contributed by atoms with E-state index in [4.69, 9.17) is 16.3 Å². The second kappa shape index (κ2) is 5.99. The van der Waals surface area contributed by atoms with Crippen LogP contribution in [0.5, 0.6) is 0 Å². The van der Waals surface area contributed by atoms with Gasteiger partial charge < -0.3 is 9.64 Å². The normalized spacial score (nSPS) is 15.9. The molecule has 0 bridgehead atoms. The first kappa shape index (κ1) is 13.8. The third kappa shape index (κ3) is 3.21. The van der Waals surface area contributed by atoms with E-state index in [-0.39, 0.29) is 17.2 Å². The number of benzene rings is 1. The fourth-order valence-electron chi connectivity index (χ4n) is 1.96. The Balaban J connectivity index is 2.31. The molecule has 0 N–H and O–H groups in total. The van der Waals surface area contributed by atoms with Crippen molar-refractivity contribution in [1.82, 2.24) is 4.90 Å². The lowest BCUT2D eigenvalue weighted by molar-refractivity contribution is -0.385. The average Bonchev–Trinajstić information content (AvgIpc) is 2.66. The number of amides is 1. The van der Waals surface area contributed by atoms with Gasteiger partial charge in [-0.15, -0.1) is 0 Å². The molecule has 1 aliphatic rings. The summed E-state index contributed by atoms with van der Waals surface area (Å²) in [6.07, 6.45) is 0.722. The van der Waals surface area contributed by atoms with Crippen LogP contribution in [0.2, 0.25) is 5.02 Å². The topological polar surface area (TPSA) is 72.7 Å². The van der Waals surface area contributed by atoms with Crippen molar-refractivity contribution in [3.63, 3.8) is 0 Å². The Morgan fingerprint density at radius 2 is 2.16 bits per heavy atom. The van der Waals surface area contributed by atoms with Gasteiger partial charge in [-0.05, 0) is 18.6 Å². The Kier molecular flexibility index (Phi) is 4.34. The quantitative estimate of drug-likeness (QED) is 0.616. The van der Waals surface area contributed by atoms with Crippen LogP contribution < -0.4 is 0 Å². The molecule has 0 unspecified atom stereocenters. The molecule has 0 aliphatic carbocycles. The number of rotatable bonds is 2. The van der Waals surface area contributed by atoms with E-state index in [0.29, 0.717) is 31.3 Å². The van der Waals surface area contributed by atoms with Gasteiger partial charge in [0, 0.05) is 30.8 Å². The molecule has 6 nitrogen and oxygen atoms in total. The van der Waals surface area contributed by atoms with Crippen LogP contribution in [0, 0.1) is 10.1 Å². The molecule has 1 heterocycles. The van der Waals surface area contributed by atoms with Crippen LogP contribution in [0.25, 0.3) is 0 Å². The summed E-state index contributed by atoms with van der Waals surface area (Å²) in [5.74, 6) is -0.375. The molecule has 0 radical (unpaired) electrons. The maximum Gasteiger partial charge on any atom is 0.282 e.